The summed E-state index contributed by atoms with van der Waals surface area (Å²) >= 11 is 0. The van der Waals surface area contributed by atoms with Gasteiger partial charge in [-0.15, -0.1) is 0 Å². The summed E-state index contributed by atoms with van der Waals surface area (Å²) in [4.78, 5) is 11.0. The third-order valence-electron chi connectivity index (χ3n) is 3.05. The Hall–Kier alpha value is -1.87. The van der Waals surface area contributed by atoms with Gasteiger partial charge < -0.3 is 10.1 Å². The van der Waals surface area contributed by atoms with E-state index in [1.807, 2.05) is 12.1 Å². The van der Waals surface area contributed by atoms with Gasteiger partial charge in [-0.05, 0) is 22.4 Å². The van der Waals surface area contributed by atoms with Crippen LogP contribution in [0.4, 0.5) is 0 Å². The summed E-state index contributed by atoms with van der Waals surface area (Å²) in [7, 11) is 0. The lowest BCUT2D eigenvalue weighted by atomic mass is 10.0. The average Bonchev–Trinajstić information content (AvgIpc) is 2.39. The number of nitrogens with one attached hydrogen (secondary N) is 1. The highest BCUT2D eigenvalue weighted by Crippen LogP contribution is 2.23. The van der Waals surface area contributed by atoms with Crippen LogP contribution in [0.5, 0.6) is 0 Å². The molecule has 1 aliphatic rings. The minimum absolute atomic E-state index is 0.0303. The van der Waals surface area contributed by atoms with Crippen LogP contribution in [-0.2, 0) is 9.53 Å². The fraction of sp³-hybridized carbons (Fsp3) is 0.214. The van der Waals surface area contributed by atoms with Gasteiger partial charge in [-0.3, -0.25) is 4.79 Å². The van der Waals surface area contributed by atoms with Gasteiger partial charge >= 0.3 is 0 Å². The van der Waals surface area contributed by atoms with Crippen molar-refractivity contribution in [1.29, 1.82) is 0 Å². The number of ether oxygens (including phenoxy) is 1. The second-order valence-corrected chi connectivity index (χ2v) is 4.21. The third kappa shape index (κ3) is 2.01. The number of carbonyl (C=O) groups excluding carboxylic acids is 1. The molecule has 1 atom stereocenters. The molecule has 1 heterocycles. The fourth-order valence-electron chi connectivity index (χ4n) is 2.11. The maximum absolute atomic E-state index is 11.0. The Morgan fingerprint density at radius 2 is 1.94 bits per heavy atom. The van der Waals surface area contributed by atoms with E-state index in [2.05, 4.69) is 35.6 Å². The monoisotopic (exact) mass is 227 g/mol. The lowest BCUT2D eigenvalue weighted by molar-refractivity contribution is -0.133. The van der Waals surface area contributed by atoms with Crippen molar-refractivity contribution in [3.05, 3.63) is 48.0 Å². The van der Waals surface area contributed by atoms with E-state index < -0.39 is 0 Å². The van der Waals surface area contributed by atoms with Crippen molar-refractivity contribution in [3.63, 3.8) is 0 Å². The smallest absolute Gasteiger partial charge is 0.246 e. The van der Waals surface area contributed by atoms with Gasteiger partial charge in [0.25, 0.3) is 0 Å². The third-order valence-corrected chi connectivity index (χ3v) is 3.05. The molecular formula is C14H13NO2. The van der Waals surface area contributed by atoms with Crippen LogP contribution in [0, 0.1) is 0 Å². The number of hydrogen-bond acceptors (Lipinski definition) is 2. The zero-order valence-electron chi connectivity index (χ0n) is 9.35. The maximum Gasteiger partial charge on any atom is 0.246 e. The van der Waals surface area contributed by atoms with Crippen molar-refractivity contribution in [1.82, 2.24) is 5.32 Å². The Morgan fingerprint density at radius 3 is 2.71 bits per heavy atom. The molecule has 0 saturated carbocycles. The molecule has 0 aliphatic carbocycles. The summed E-state index contributed by atoms with van der Waals surface area (Å²) in [6, 6.07) is 14.5. The van der Waals surface area contributed by atoms with Crippen LogP contribution in [0.25, 0.3) is 10.8 Å². The van der Waals surface area contributed by atoms with E-state index in [0.717, 1.165) is 5.56 Å². The Labute approximate surface area is 99.4 Å². The average molecular weight is 227 g/mol. The van der Waals surface area contributed by atoms with Crippen LogP contribution in [0.3, 0.4) is 0 Å². The molecule has 1 aliphatic heterocycles. The quantitative estimate of drug-likeness (QED) is 0.809. The first-order chi connectivity index (χ1) is 8.33. The second-order valence-electron chi connectivity index (χ2n) is 4.21. The summed E-state index contributed by atoms with van der Waals surface area (Å²) in [5.74, 6) is -0.0398. The molecule has 1 saturated heterocycles. The highest BCUT2D eigenvalue weighted by atomic mass is 16.5. The SMILES string of the molecule is O=C1CO[C@@H](c2ccc3ccccc3c2)CN1. The van der Waals surface area contributed by atoms with Crippen molar-refractivity contribution in [2.45, 2.75) is 6.10 Å². The van der Waals surface area contributed by atoms with Gasteiger partial charge in [-0.1, -0.05) is 36.4 Å². The molecule has 3 nitrogen and oxygen atoms in total. The molecule has 3 rings (SSSR count). The van der Waals surface area contributed by atoms with Crippen LogP contribution in [-0.4, -0.2) is 19.1 Å². The van der Waals surface area contributed by atoms with Gasteiger partial charge in [0, 0.05) is 6.54 Å². The fourth-order valence-corrected chi connectivity index (χ4v) is 2.11. The summed E-state index contributed by atoms with van der Waals surface area (Å²) in [6.07, 6.45) is -0.0303. The molecule has 0 aromatic heterocycles. The Bertz CT molecular complexity index is 555. The van der Waals surface area contributed by atoms with E-state index in [1.165, 1.54) is 10.8 Å². The minimum atomic E-state index is -0.0398. The predicted molar refractivity (Wildman–Crippen MR) is 65.7 cm³/mol. The number of benzene rings is 2. The van der Waals surface area contributed by atoms with E-state index in [-0.39, 0.29) is 18.6 Å². The topological polar surface area (TPSA) is 38.3 Å². The summed E-state index contributed by atoms with van der Waals surface area (Å²) < 4.78 is 5.51. The zero-order chi connectivity index (χ0) is 11.7. The molecule has 0 spiro atoms. The Balaban J connectivity index is 1.92. The van der Waals surface area contributed by atoms with E-state index in [0.29, 0.717) is 6.54 Å². The maximum atomic E-state index is 11.0. The highest BCUT2D eigenvalue weighted by molar-refractivity contribution is 5.83. The normalized spacial score (nSPS) is 20.2. The number of carbonyl (C=O) groups is 1. The molecule has 0 unspecified atom stereocenters. The number of fused-ring (bicyclic) bond motifs is 1. The van der Waals surface area contributed by atoms with E-state index in [4.69, 9.17) is 4.74 Å². The first-order valence-electron chi connectivity index (χ1n) is 5.70. The molecule has 1 fully saturated rings. The van der Waals surface area contributed by atoms with Crippen molar-refractivity contribution >= 4 is 16.7 Å². The molecule has 2 aromatic carbocycles. The van der Waals surface area contributed by atoms with Gasteiger partial charge in [0.05, 0.1) is 0 Å². The summed E-state index contributed by atoms with van der Waals surface area (Å²) in [6.45, 7) is 0.703. The van der Waals surface area contributed by atoms with Gasteiger partial charge in [-0.25, -0.2) is 0 Å². The van der Waals surface area contributed by atoms with E-state index >= 15 is 0 Å². The minimum Gasteiger partial charge on any atom is -0.362 e. The molecule has 86 valence electrons. The van der Waals surface area contributed by atoms with Crippen LogP contribution >= 0.6 is 0 Å². The standard InChI is InChI=1S/C14H13NO2/c16-14-9-17-13(8-15-14)12-6-5-10-3-1-2-4-11(10)7-12/h1-7,13H,8-9H2,(H,15,16)/t13-/m1/s1. The summed E-state index contributed by atoms with van der Waals surface area (Å²) in [5.41, 5.74) is 1.11. The molecule has 1 N–H and O–H groups in total. The second kappa shape index (κ2) is 4.18. The van der Waals surface area contributed by atoms with Crippen molar-refractivity contribution in [2.24, 2.45) is 0 Å². The molecule has 3 heteroatoms. The Morgan fingerprint density at radius 1 is 1.12 bits per heavy atom. The van der Waals surface area contributed by atoms with Crippen molar-refractivity contribution < 1.29 is 9.53 Å². The molecule has 17 heavy (non-hydrogen) atoms. The molecule has 0 radical (unpaired) electrons. The predicted octanol–water partition coefficient (Wildman–Crippen LogP) is 2.03. The lowest BCUT2D eigenvalue weighted by Gasteiger charge is -2.23. The molecular weight excluding hydrogens is 214 g/mol. The largest absolute Gasteiger partial charge is 0.362 e. The first kappa shape index (κ1) is 10.3. The van der Waals surface area contributed by atoms with E-state index in [9.17, 15) is 4.79 Å². The molecule has 2 aromatic rings. The Kier molecular flexibility index (Phi) is 2.53. The van der Waals surface area contributed by atoms with Crippen LogP contribution < -0.4 is 5.32 Å². The van der Waals surface area contributed by atoms with Gasteiger partial charge in [-0.2, -0.15) is 0 Å². The van der Waals surface area contributed by atoms with Crippen LogP contribution in [0.2, 0.25) is 0 Å². The first-order valence-corrected chi connectivity index (χ1v) is 5.70. The van der Waals surface area contributed by atoms with Crippen LogP contribution in [0.1, 0.15) is 11.7 Å². The number of hydrogen-bond donors (Lipinski definition) is 1. The molecule has 0 bridgehead atoms. The zero-order valence-corrected chi connectivity index (χ0v) is 9.35. The van der Waals surface area contributed by atoms with Gasteiger partial charge in [0.1, 0.15) is 12.7 Å². The number of rotatable bonds is 1. The lowest BCUT2D eigenvalue weighted by Crippen LogP contribution is -2.38. The highest BCUT2D eigenvalue weighted by Gasteiger charge is 2.19. The van der Waals surface area contributed by atoms with Crippen molar-refractivity contribution in [2.75, 3.05) is 13.2 Å². The van der Waals surface area contributed by atoms with Crippen LogP contribution in [0.15, 0.2) is 42.5 Å². The number of morpholine rings is 1. The van der Waals surface area contributed by atoms with Gasteiger partial charge in [0.15, 0.2) is 0 Å². The van der Waals surface area contributed by atoms with E-state index in [1.54, 1.807) is 0 Å². The molecule has 1 amide bonds. The summed E-state index contributed by atoms with van der Waals surface area (Å²) in [5, 5.41) is 5.23. The number of amides is 1. The van der Waals surface area contributed by atoms with Crippen molar-refractivity contribution in [3.8, 4) is 0 Å². The van der Waals surface area contributed by atoms with Gasteiger partial charge in [0.2, 0.25) is 5.91 Å².